The lowest BCUT2D eigenvalue weighted by atomic mass is 9.92. The van der Waals surface area contributed by atoms with Crippen LogP contribution in [0.2, 0.25) is 0 Å². The van der Waals surface area contributed by atoms with E-state index < -0.39 is 0 Å². The van der Waals surface area contributed by atoms with E-state index in [1.807, 2.05) is 6.07 Å². The van der Waals surface area contributed by atoms with Crippen molar-refractivity contribution in [3.05, 3.63) is 29.3 Å². The van der Waals surface area contributed by atoms with Gasteiger partial charge >= 0.3 is 0 Å². The number of benzene rings is 1. The molecule has 1 aliphatic heterocycles. The van der Waals surface area contributed by atoms with Gasteiger partial charge in [0.15, 0.2) is 0 Å². The molecule has 0 aromatic heterocycles. The summed E-state index contributed by atoms with van der Waals surface area (Å²) < 4.78 is 5.43. The largest absolute Gasteiger partial charge is 0.394 e. The summed E-state index contributed by atoms with van der Waals surface area (Å²) >= 11 is 0. The van der Waals surface area contributed by atoms with Crippen LogP contribution in [0.3, 0.4) is 0 Å². The van der Waals surface area contributed by atoms with Crippen LogP contribution in [0.5, 0.6) is 0 Å². The number of hydrogen-bond acceptors (Lipinski definition) is 4. The number of hydrogen-bond donors (Lipinski definition) is 2. The highest BCUT2D eigenvalue weighted by atomic mass is 16.5. The van der Waals surface area contributed by atoms with Gasteiger partial charge < -0.3 is 20.5 Å². The van der Waals surface area contributed by atoms with Crippen LogP contribution < -0.4 is 10.6 Å². The molecule has 4 heteroatoms. The van der Waals surface area contributed by atoms with Crippen LogP contribution in [0, 0.1) is 0 Å². The van der Waals surface area contributed by atoms with Gasteiger partial charge in [-0.3, -0.25) is 0 Å². The minimum Gasteiger partial charge on any atom is -0.394 e. The standard InChI is InChI=1S/C16H26N2O2/c1-3-12(2)14-10-13(15(17)11-19)4-5-16(14)18-6-8-20-9-7-18/h4-5,10,12,15,19H,3,6-9,11,17H2,1-2H3/t12?,15-/m1/s1. The number of rotatable bonds is 5. The average molecular weight is 278 g/mol. The molecule has 1 aromatic carbocycles. The molecule has 1 saturated heterocycles. The van der Waals surface area contributed by atoms with Crippen LogP contribution in [0.4, 0.5) is 5.69 Å². The summed E-state index contributed by atoms with van der Waals surface area (Å²) in [7, 11) is 0. The molecule has 0 bridgehead atoms. The Kier molecular flexibility index (Phi) is 5.40. The molecule has 20 heavy (non-hydrogen) atoms. The minimum atomic E-state index is -0.295. The Morgan fingerprint density at radius 3 is 2.65 bits per heavy atom. The van der Waals surface area contributed by atoms with E-state index >= 15 is 0 Å². The number of nitrogens with zero attached hydrogens (tertiary/aromatic N) is 1. The van der Waals surface area contributed by atoms with Crippen LogP contribution in [0.25, 0.3) is 0 Å². The highest BCUT2D eigenvalue weighted by Crippen LogP contribution is 2.32. The Hall–Kier alpha value is -1.10. The van der Waals surface area contributed by atoms with E-state index in [1.54, 1.807) is 0 Å². The quantitative estimate of drug-likeness (QED) is 0.865. The minimum absolute atomic E-state index is 0.0170. The van der Waals surface area contributed by atoms with Crippen LogP contribution in [0.1, 0.15) is 43.4 Å². The van der Waals surface area contributed by atoms with Crippen molar-refractivity contribution in [3.8, 4) is 0 Å². The van der Waals surface area contributed by atoms with Crippen molar-refractivity contribution in [1.82, 2.24) is 0 Å². The summed E-state index contributed by atoms with van der Waals surface area (Å²) in [4.78, 5) is 2.39. The average Bonchev–Trinajstić information content (AvgIpc) is 2.53. The lowest BCUT2D eigenvalue weighted by Crippen LogP contribution is -2.37. The number of ether oxygens (including phenoxy) is 1. The first-order valence-electron chi connectivity index (χ1n) is 7.50. The Morgan fingerprint density at radius 1 is 1.35 bits per heavy atom. The number of morpholine rings is 1. The molecular weight excluding hydrogens is 252 g/mol. The molecule has 0 aliphatic carbocycles. The monoisotopic (exact) mass is 278 g/mol. The number of anilines is 1. The van der Waals surface area contributed by atoms with Gasteiger partial charge in [-0.2, -0.15) is 0 Å². The predicted molar refractivity (Wildman–Crippen MR) is 82.2 cm³/mol. The molecular formula is C16H26N2O2. The van der Waals surface area contributed by atoms with Crippen molar-refractivity contribution in [3.63, 3.8) is 0 Å². The van der Waals surface area contributed by atoms with Crippen molar-refractivity contribution >= 4 is 5.69 Å². The van der Waals surface area contributed by atoms with Gasteiger partial charge in [-0.05, 0) is 29.5 Å². The maximum Gasteiger partial charge on any atom is 0.0642 e. The van der Waals surface area contributed by atoms with Gasteiger partial charge in [0.05, 0.1) is 25.9 Å². The predicted octanol–water partition coefficient (Wildman–Crippen LogP) is 2.03. The number of nitrogens with two attached hydrogens (primary N) is 1. The van der Waals surface area contributed by atoms with E-state index in [0.717, 1.165) is 38.3 Å². The fourth-order valence-corrected chi connectivity index (χ4v) is 2.62. The Bertz CT molecular complexity index is 430. The lowest BCUT2D eigenvalue weighted by molar-refractivity contribution is 0.122. The van der Waals surface area contributed by atoms with Gasteiger partial charge in [0.1, 0.15) is 0 Å². The van der Waals surface area contributed by atoms with E-state index in [1.165, 1.54) is 11.3 Å². The van der Waals surface area contributed by atoms with Gasteiger partial charge in [-0.25, -0.2) is 0 Å². The summed E-state index contributed by atoms with van der Waals surface area (Å²) in [6.45, 7) is 7.89. The van der Waals surface area contributed by atoms with Crippen LogP contribution in [0.15, 0.2) is 18.2 Å². The van der Waals surface area contributed by atoms with E-state index in [4.69, 9.17) is 10.5 Å². The fraction of sp³-hybridized carbons (Fsp3) is 0.625. The van der Waals surface area contributed by atoms with Crippen LogP contribution >= 0.6 is 0 Å². The zero-order valence-electron chi connectivity index (χ0n) is 12.5. The third-order valence-corrected chi connectivity index (χ3v) is 4.17. The second-order valence-electron chi connectivity index (χ2n) is 5.52. The number of aliphatic hydroxyl groups excluding tert-OH is 1. The highest BCUT2D eigenvalue weighted by molar-refractivity contribution is 5.57. The second-order valence-corrected chi connectivity index (χ2v) is 5.52. The van der Waals surface area contributed by atoms with Gasteiger partial charge in [0.25, 0.3) is 0 Å². The van der Waals surface area contributed by atoms with E-state index in [-0.39, 0.29) is 12.6 Å². The third-order valence-electron chi connectivity index (χ3n) is 4.17. The molecule has 0 radical (unpaired) electrons. The smallest absolute Gasteiger partial charge is 0.0642 e. The maximum atomic E-state index is 9.24. The normalized spacial score (nSPS) is 18.9. The van der Waals surface area contributed by atoms with E-state index in [9.17, 15) is 5.11 Å². The first kappa shape index (κ1) is 15.3. The molecule has 112 valence electrons. The van der Waals surface area contributed by atoms with Crippen LogP contribution in [-0.2, 0) is 4.74 Å². The summed E-state index contributed by atoms with van der Waals surface area (Å²) in [5.74, 6) is 0.485. The Balaban J connectivity index is 2.34. The summed E-state index contributed by atoms with van der Waals surface area (Å²) in [6.07, 6.45) is 1.09. The fourth-order valence-electron chi connectivity index (χ4n) is 2.62. The van der Waals surface area contributed by atoms with E-state index in [2.05, 4.69) is 30.9 Å². The topological polar surface area (TPSA) is 58.7 Å². The molecule has 2 atom stereocenters. The molecule has 4 nitrogen and oxygen atoms in total. The van der Waals surface area contributed by atoms with Gasteiger partial charge in [-0.15, -0.1) is 0 Å². The first-order valence-corrected chi connectivity index (χ1v) is 7.50. The molecule has 2 rings (SSSR count). The van der Waals surface area contributed by atoms with Crippen molar-refractivity contribution in [1.29, 1.82) is 0 Å². The molecule has 1 aliphatic rings. The molecule has 1 aromatic rings. The summed E-state index contributed by atoms with van der Waals surface area (Å²) in [5.41, 5.74) is 9.58. The second kappa shape index (κ2) is 7.07. The van der Waals surface area contributed by atoms with Crippen molar-refractivity contribution < 1.29 is 9.84 Å². The molecule has 1 fully saturated rings. The molecule has 0 amide bonds. The molecule has 3 N–H and O–H groups in total. The van der Waals surface area contributed by atoms with Gasteiger partial charge in [-0.1, -0.05) is 26.0 Å². The molecule has 0 spiro atoms. The van der Waals surface area contributed by atoms with Crippen molar-refractivity contribution in [2.24, 2.45) is 5.73 Å². The zero-order valence-corrected chi connectivity index (χ0v) is 12.5. The molecule has 1 heterocycles. The molecule has 1 unspecified atom stereocenters. The van der Waals surface area contributed by atoms with Crippen molar-refractivity contribution in [2.45, 2.75) is 32.2 Å². The maximum absolute atomic E-state index is 9.24. The summed E-state index contributed by atoms with van der Waals surface area (Å²) in [5, 5.41) is 9.24. The third kappa shape index (κ3) is 3.32. The Labute approximate surface area is 121 Å². The van der Waals surface area contributed by atoms with Gasteiger partial charge in [0.2, 0.25) is 0 Å². The van der Waals surface area contributed by atoms with Crippen molar-refractivity contribution in [2.75, 3.05) is 37.8 Å². The molecule has 0 saturated carbocycles. The first-order chi connectivity index (χ1) is 9.67. The highest BCUT2D eigenvalue weighted by Gasteiger charge is 2.19. The Morgan fingerprint density at radius 2 is 2.05 bits per heavy atom. The van der Waals surface area contributed by atoms with Crippen LogP contribution in [-0.4, -0.2) is 38.0 Å². The summed E-state index contributed by atoms with van der Waals surface area (Å²) in [6, 6.07) is 6.06. The van der Waals surface area contributed by atoms with Gasteiger partial charge in [0, 0.05) is 18.8 Å². The lowest BCUT2D eigenvalue weighted by Gasteiger charge is -2.32. The van der Waals surface area contributed by atoms with E-state index in [0.29, 0.717) is 5.92 Å². The zero-order chi connectivity index (χ0) is 14.5. The number of aliphatic hydroxyl groups is 1. The SMILES string of the molecule is CCC(C)c1cc([C@H](N)CO)ccc1N1CCOCC1.